The van der Waals surface area contributed by atoms with Crippen molar-refractivity contribution in [3.05, 3.63) is 30.4 Å². The van der Waals surface area contributed by atoms with Crippen LogP contribution in [0.4, 0.5) is 0 Å². The maximum atomic E-state index is 12.5. The number of amides is 2. The first-order valence-corrected chi connectivity index (χ1v) is 9.60. The van der Waals surface area contributed by atoms with Gasteiger partial charge in [0.25, 0.3) is 11.1 Å². The minimum absolute atomic E-state index is 0.00660. The number of fused-ring (bicyclic) bond motifs is 1. The number of ether oxygens (including phenoxy) is 2. The standard InChI is InChI=1S/C19H19N3O4S/c1-25-13-4-5-16-15(11-13)21-19(27-16)26-12-6-9-22(10-7-12)18(24)14-3-2-8-20-17(14)23/h2-5,8,11-12,14H,6-7,9-10H2,1H3. The van der Waals surface area contributed by atoms with Gasteiger partial charge < -0.3 is 14.4 Å². The van der Waals surface area contributed by atoms with Crippen molar-refractivity contribution in [1.82, 2.24) is 9.88 Å². The summed E-state index contributed by atoms with van der Waals surface area (Å²) in [6.07, 6.45) is 6.09. The van der Waals surface area contributed by atoms with Gasteiger partial charge in [-0.3, -0.25) is 9.59 Å². The molecule has 0 saturated carbocycles. The van der Waals surface area contributed by atoms with E-state index in [1.165, 1.54) is 17.6 Å². The summed E-state index contributed by atoms with van der Waals surface area (Å²) in [7, 11) is 1.63. The predicted octanol–water partition coefficient (Wildman–Crippen LogP) is 2.46. The highest BCUT2D eigenvalue weighted by Gasteiger charge is 2.32. The first-order valence-electron chi connectivity index (χ1n) is 8.79. The van der Waals surface area contributed by atoms with Crippen LogP contribution in [-0.2, 0) is 9.59 Å². The third kappa shape index (κ3) is 3.71. The SMILES string of the molecule is COc1ccc2sc(OC3CCN(C(=O)C4C=CC=NC4=O)CC3)nc2c1. The molecule has 140 valence electrons. The number of piperidine rings is 1. The minimum atomic E-state index is -0.785. The van der Waals surface area contributed by atoms with Crippen molar-refractivity contribution < 1.29 is 19.1 Å². The maximum Gasteiger partial charge on any atom is 0.274 e. The highest BCUT2D eigenvalue weighted by Crippen LogP contribution is 2.32. The number of aromatic nitrogens is 1. The lowest BCUT2D eigenvalue weighted by Gasteiger charge is -2.33. The zero-order valence-corrected chi connectivity index (χ0v) is 15.6. The highest BCUT2D eigenvalue weighted by molar-refractivity contribution is 7.20. The Labute approximate surface area is 160 Å². The molecule has 1 saturated heterocycles. The molecule has 2 aliphatic heterocycles. The second kappa shape index (κ2) is 7.48. The quantitative estimate of drug-likeness (QED) is 0.755. The Hall–Kier alpha value is -2.74. The van der Waals surface area contributed by atoms with Crippen molar-refractivity contribution in [3.8, 4) is 10.9 Å². The Balaban J connectivity index is 1.35. The number of likely N-dealkylation sites (tertiary alicyclic amines) is 1. The van der Waals surface area contributed by atoms with E-state index >= 15 is 0 Å². The molecule has 2 aliphatic rings. The van der Waals surface area contributed by atoms with Gasteiger partial charge in [-0.15, -0.1) is 0 Å². The average molecular weight is 385 g/mol. The lowest BCUT2D eigenvalue weighted by molar-refractivity contribution is -0.140. The molecule has 1 fully saturated rings. The fraction of sp³-hybridized carbons (Fsp3) is 0.368. The second-order valence-electron chi connectivity index (χ2n) is 6.43. The smallest absolute Gasteiger partial charge is 0.274 e. The van der Waals surface area contributed by atoms with E-state index < -0.39 is 11.8 Å². The molecule has 2 aromatic rings. The van der Waals surface area contributed by atoms with Crippen molar-refractivity contribution in [1.29, 1.82) is 0 Å². The van der Waals surface area contributed by atoms with Gasteiger partial charge in [0.15, 0.2) is 0 Å². The van der Waals surface area contributed by atoms with Gasteiger partial charge in [-0.25, -0.2) is 9.98 Å². The molecule has 1 aromatic carbocycles. The van der Waals surface area contributed by atoms with Gasteiger partial charge in [0.05, 0.1) is 17.3 Å². The van der Waals surface area contributed by atoms with Crippen molar-refractivity contribution in [2.24, 2.45) is 10.9 Å². The molecular formula is C19H19N3O4S. The molecule has 1 aromatic heterocycles. The van der Waals surface area contributed by atoms with Crippen LogP contribution >= 0.6 is 11.3 Å². The summed E-state index contributed by atoms with van der Waals surface area (Å²) < 4.78 is 12.3. The van der Waals surface area contributed by atoms with E-state index in [0.717, 1.165) is 16.0 Å². The molecule has 0 spiro atoms. The number of benzene rings is 1. The number of hydrogen-bond acceptors (Lipinski definition) is 6. The molecule has 27 heavy (non-hydrogen) atoms. The number of thiazole rings is 1. The van der Waals surface area contributed by atoms with Crippen LogP contribution in [0.2, 0.25) is 0 Å². The topological polar surface area (TPSA) is 81.1 Å². The number of rotatable bonds is 4. The number of nitrogens with zero attached hydrogens (tertiary/aromatic N) is 3. The van der Waals surface area contributed by atoms with Crippen LogP contribution in [-0.4, -0.2) is 54.2 Å². The molecule has 3 heterocycles. The number of hydrogen-bond donors (Lipinski definition) is 0. The summed E-state index contributed by atoms with van der Waals surface area (Å²) in [5, 5.41) is 0.628. The monoisotopic (exact) mass is 385 g/mol. The maximum absolute atomic E-state index is 12.5. The largest absolute Gasteiger partial charge is 0.497 e. The zero-order valence-electron chi connectivity index (χ0n) is 14.8. The fourth-order valence-electron chi connectivity index (χ4n) is 3.22. The summed E-state index contributed by atoms with van der Waals surface area (Å²) in [4.78, 5) is 34.2. The number of carbonyl (C=O) groups is 2. The van der Waals surface area contributed by atoms with Crippen LogP contribution in [0.1, 0.15) is 12.8 Å². The summed E-state index contributed by atoms with van der Waals surface area (Å²) in [5.41, 5.74) is 0.852. The molecule has 0 aliphatic carbocycles. The average Bonchev–Trinajstić information content (AvgIpc) is 3.09. The Bertz CT molecular complexity index is 928. The van der Waals surface area contributed by atoms with Gasteiger partial charge in [0.2, 0.25) is 5.91 Å². The van der Waals surface area contributed by atoms with E-state index in [4.69, 9.17) is 9.47 Å². The molecule has 2 amide bonds. The van der Waals surface area contributed by atoms with E-state index in [1.54, 1.807) is 24.2 Å². The third-order valence-electron chi connectivity index (χ3n) is 4.72. The molecule has 0 bridgehead atoms. The first kappa shape index (κ1) is 17.7. The van der Waals surface area contributed by atoms with Crippen LogP contribution < -0.4 is 9.47 Å². The molecule has 7 nitrogen and oxygen atoms in total. The van der Waals surface area contributed by atoms with Gasteiger partial charge in [-0.2, -0.15) is 0 Å². The van der Waals surface area contributed by atoms with Crippen molar-refractivity contribution in [3.63, 3.8) is 0 Å². The van der Waals surface area contributed by atoms with Gasteiger partial charge >= 0.3 is 0 Å². The number of aliphatic imine (C=N–C) groups is 1. The zero-order chi connectivity index (χ0) is 18.8. The van der Waals surface area contributed by atoms with Gasteiger partial charge in [-0.05, 0) is 18.2 Å². The summed E-state index contributed by atoms with van der Waals surface area (Å²) in [5.74, 6) is -0.599. The molecule has 0 radical (unpaired) electrons. The predicted molar refractivity (Wildman–Crippen MR) is 103 cm³/mol. The first-order chi connectivity index (χ1) is 13.1. The number of methoxy groups -OCH3 is 1. The lowest BCUT2D eigenvalue weighted by atomic mass is 10.0. The Morgan fingerprint density at radius 3 is 2.85 bits per heavy atom. The second-order valence-corrected chi connectivity index (χ2v) is 7.43. The third-order valence-corrected chi connectivity index (χ3v) is 5.65. The summed E-state index contributed by atoms with van der Waals surface area (Å²) in [6.45, 7) is 1.12. The van der Waals surface area contributed by atoms with Crippen molar-refractivity contribution >= 4 is 39.6 Å². The molecule has 4 rings (SSSR count). The lowest BCUT2D eigenvalue weighted by Crippen LogP contribution is -2.45. The summed E-state index contributed by atoms with van der Waals surface area (Å²) >= 11 is 1.50. The normalized spacial score (nSPS) is 20.3. The van der Waals surface area contributed by atoms with Crippen molar-refractivity contribution in [2.75, 3.05) is 20.2 Å². The van der Waals surface area contributed by atoms with E-state index in [-0.39, 0.29) is 12.0 Å². The Kier molecular flexibility index (Phi) is 4.89. The molecule has 1 atom stereocenters. The van der Waals surface area contributed by atoms with Gasteiger partial charge in [-0.1, -0.05) is 17.4 Å². The fourth-order valence-corrected chi connectivity index (χ4v) is 4.09. The number of dihydropyridines is 1. The van der Waals surface area contributed by atoms with E-state index in [9.17, 15) is 9.59 Å². The summed E-state index contributed by atoms with van der Waals surface area (Å²) in [6, 6.07) is 5.76. The van der Waals surface area contributed by atoms with Crippen LogP contribution in [0.5, 0.6) is 10.9 Å². The Morgan fingerprint density at radius 2 is 2.11 bits per heavy atom. The Morgan fingerprint density at radius 1 is 1.30 bits per heavy atom. The molecule has 1 unspecified atom stereocenters. The van der Waals surface area contributed by atoms with Crippen molar-refractivity contribution in [2.45, 2.75) is 18.9 Å². The molecular weight excluding hydrogens is 366 g/mol. The van der Waals surface area contributed by atoms with E-state index in [1.807, 2.05) is 18.2 Å². The highest BCUT2D eigenvalue weighted by atomic mass is 32.1. The molecule has 0 N–H and O–H groups in total. The van der Waals surface area contributed by atoms with Crippen LogP contribution in [0.3, 0.4) is 0 Å². The van der Waals surface area contributed by atoms with Gasteiger partial charge in [0.1, 0.15) is 17.8 Å². The minimum Gasteiger partial charge on any atom is -0.497 e. The molecule has 8 heteroatoms. The number of carbonyl (C=O) groups excluding carboxylic acids is 2. The van der Waals surface area contributed by atoms with Crippen LogP contribution in [0.25, 0.3) is 10.2 Å². The number of allylic oxidation sites excluding steroid dienone is 1. The van der Waals surface area contributed by atoms with E-state index in [2.05, 4.69) is 9.98 Å². The van der Waals surface area contributed by atoms with Crippen LogP contribution in [0, 0.1) is 5.92 Å². The van der Waals surface area contributed by atoms with Gasteiger partial charge in [0, 0.05) is 38.2 Å². The van der Waals surface area contributed by atoms with E-state index in [0.29, 0.717) is 31.1 Å². The van der Waals surface area contributed by atoms with Crippen LogP contribution in [0.15, 0.2) is 35.3 Å².